The van der Waals surface area contributed by atoms with Gasteiger partial charge in [-0.3, -0.25) is 0 Å². The number of H-pyrrole nitrogens is 2. The second-order valence-electron chi connectivity index (χ2n) is 9.99. The maximum absolute atomic E-state index is 5.15. The van der Waals surface area contributed by atoms with E-state index < -0.39 is 0 Å². The van der Waals surface area contributed by atoms with Crippen LogP contribution in [0.1, 0.15) is 42.3 Å². The number of hydrogen-bond donors (Lipinski definition) is 3. The van der Waals surface area contributed by atoms with Crippen LogP contribution in [-0.4, -0.2) is 27.5 Å². The van der Waals surface area contributed by atoms with Crippen LogP contribution in [0, 0.1) is 0 Å². The third-order valence-corrected chi connectivity index (χ3v) is 7.67. The largest absolute Gasteiger partial charge is 0.344 e. The van der Waals surface area contributed by atoms with Gasteiger partial charge in [0.1, 0.15) is 34.6 Å². The van der Waals surface area contributed by atoms with E-state index in [0.29, 0.717) is 23.0 Å². The third-order valence-electron chi connectivity index (χ3n) is 7.67. The molecule has 213 valence electrons. The van der Waals surface area contributed by atoms with Crippen molar-refractivity contribution in [3.8, 4) is 0 Å². The fourth-order valence-electron chi connectivity index (χ4n) is 5.80. The standard InChI is InChI=1S/C32H20N8.C2H6.Cu/c1-2-10-18-17(9-1)25-33-26(18)38-28-21-13-5-6-14-22(21)30(35-28)40-32-24-16-8-7-15-23(24)31(36-32)39-29-20-12-4-3-11-19(20)27(34-29)37-25;1-2;/h1-16,25,35H,(H,33,38)(H,34,36,37,39,40);1-2H3;. The Labute approximate surface area is 257 Å². The molecule has 8 nitrogen and oxygen atoms in total. The predicted molar refractivity (Wildman–Crippen MR) is 168 cm³/mol. The van der Waals surface area contributed by atoms with Crippen LogP contribution in [0.4, 0.5) is 11.6 Å². The number of aromatic nitrogens is 2. The maximum atomic E-state index is 5.15. The summed E-state index contributed by atoms with van der Waals surface area (Å²) in [5.41, 5.74) is 5.43. The summed E-state index contributed by atoms with van der Waals surface area (Å²) >= 11 is 0. The first-order chi connectivity index (χ1) is 20.8. The Morgan fingerprint density at radius 2 is 1.05 bits per heavy atom. The van der Waals surface area contributed by atoms with Gasteiger partial charge in [-0.25, -0.2) is 25.0 Å². The van der Waals surface area contributed by atoms with Crippen LogP contribution >= 0.6 is 0 Å². The van der Waals surface area contributed by atoms with Crippen molar-refractivity contribution in [2.45, 2.75) is 20.0 Å². The average molecular weight is 610 g/mol. The minimum Gasteiger partial charge on any atom is -0.344 e. The Balaban J connectivity index is 0.000000981. The van der Waals surface area contributed by atoms with E-state index in [1.54, 1.807) is 0 Å². The van der Waals surface area contributed by atoms with E-state index in [4.69, 9.17) is 25.0 Å². The molecule has 3 aliphatic heterocycles. The number of nitrogens with zero attached hydrogens (tertiary/aromatic N) is 5. The van der Waals surface area contributed by atoms with Crippen LogP contribution in [0.3, 0.4) is 0 Å². The van der Waals surface area contributed by atoms with Crippen molar-refractivity contribution in [3.05, 3.63) is 130 Å². The molecule has 1 atom stereocenters. The minimum absolute atomic E-state index is 0. The summed E-state index contributed by atoms with van der Waals surface area (Å²) in [5.74, 6) is 3.42. The topological polar surface area (TPSA) is 105 Å². The third kappa shape index (κ3) is 4.24. The second kappa shape index (κ2) is 10.6. The number of amidine groups is 3. The molecular weight excluding hydrogens is 584 g/mol. The number of aliphatic imine (C=N–C) groups is 3. The molecule has 3 aliphatic rings. The summed E-state index contributed by atoms with van der Waals surface area (Å²) in [6.07, 6.45) is -0.312. The molecule has 9 rings (SSSR count). The van der Waals surface area contributed by atoms with Gasteiger partial charge in [0.15, 0.2) is 11.7 Å². The Morgan fingerprint density at radius 3 is 1.74 bits per heavy atom. The van der Waals surface area contributed by atoms with Crippen LogP contribution < -0.4 is 16.3 Å². The quantitative estimate of drug-likeness (QED) is 0.177. The van der Waals surface area contributed by atoms with Crippen molar-refractivity contribution in [1.82, 2.24) is 15.3 Å². The zero-order valence-electron chi connectivity index (χ0n) is 23.4. The summed E-state index contributed by atoms with van der Waals surface area (Å²) in [6.45, 7) is 4.00. The van der Waals surface area contributed by atoms with Gasteiger partial charge in [0.25, 0.3) is 0 Å². The predicted octanol–water partition coefficient (Wildman–Crippen LogP) is 6.14. The van der Waals surface area contributed by atoms with E-state index in [1.165, 1.54) is 0 Å². The Morgan fingerprint density at radius 1 is 0.512 bits per heavy atom. The Bertz CT molecular complexity index is 2270. The van der Waals surface area contributed by atoms with E-state index in [-0.39, 0.29) is 23.2 Å². The van der Waals surface area contributed by atoms with Crippen LogP contribution in [0.2, 0.25) is 0 Å². The van der Waals surface area contributed by atoms with E-state index in [1.807, 2.05) is 74.5 Å². The molecular formula is C34H26CuN8. The molecule has 1 radical (unpaired) electrons. The first kappa shape index (κ1) is 26.8. The number of aromatic amines is 2. The van der Waals surface area contributed by atoms with Crippen LogP contribution in [0.25, 0.3) is 21.5 Å². The van der Waals surface area contributed by atoms with Crippen LogP contribution in [0.15, 0.2) is 122 Å². The molecule has 5 heterocycles. The summed E-state index contributed by atoms with van der Waals surface area (Å²) in [4.78, 5) is 32.2. The Hall–Kier alpha value is -5.11. The second-order valence-corrected chi connectivity index (χ2v) is 9.99. The fourth-order valence-corrected chi connectivity index (χ4v) is 5.80. The first-order valence-electron chi connectivity index (χ1n) is 14.2. The first-order valence-corrected chi connectivity index (χ1v) is 14.2. The molecule has 0 saturated heterocycles. The van der Waals surface area contributed by atoms with Crippen molar-refractivity contribution in [1.29, 1.82) is 0 Å². The van der Waals surface area contributed by atoms with Crippen LogP contribution in [0.5, 0.6) is 0 Å². The monoisotopic (exact) mass is 609 g/mol. The molecule has 43 heavy (non-hydrogen) atoms. The van der Waals surface area contributed by atoms with Crippen molar-refractivity contribution in [2.24, 2.45) is 25.0 Å². The molecule has 0 spiro atoms. The van der Waals surface area contributed by atoms with Gasteiger partial charge in [-0.2, -0.15) is 0 Å². The van der Waals surface area contributed by atoms with Gasteiger partial charge in [0, 0.05) is 60.9 Å². The zero-order valence-corrected chi connectivity index (χ0v) is 24.3. The van der Waals surface area contributed by atoms with Crippen LogP contribution in [-0.2, 0) is 17.1 Å². The zero-order chi connectivity index (χ0) is 28.2. The molecule has 0 aliphatic carbocycles. The smallest absolute Gasteiger partial charge is 0.164 e. The van der Waals surface area contributed by atoms with Crippen molar-refractivity contribution in [2.75, 3.05) is 0 Å². The molecule has 0 saturated carbocycles. The van der Waals surface area contributed by atoms with Gasteiger partial charge >= 0.3 is 0 Å². The van der Waals surface area contributed by atoms with Crippen molar-refractivity contribution < 1.29 is 17.1 Å². The molecule has 8 bridgehead atoms. The van der Waals surface area contributed by atoms with E-state index >= 15 is 0 Å². The van der Waals surface area contributed by atoms with E-state index in [2.05, 4.69) is 51.7 Å². The molecule has 2 aromatic heterocycles. The van der Waals surface area contributed by atoms with Gasteiger partial charge in [0.05, 0.1) is 0 Å². The van der Waals surface area contributed by atoms with Crippen molar-refractivity contribution >= 4 is 50.7 Å². The maximum Gasteiger partial charge on any atom is 0.164 e. The Kier molecular flexibility index (Phi) is 6.61. The minimum atomic E-state index is -0.312. The van der Waals surface area contributed by atoms with E-state index in [0.717, 1.165) is 60.9 Å². The molecule has 4 aromatic carbocycles. The summed E-state index contributed by atoms with van der Waals surface area (Å²) in [5, 5.41) is 7.50. The van der Waals surface area contributed by atoms with Crippen molar-refractivity contribution in [3.63, 3.8) is 0 Å². The van der Waals surface area contributed by atoms with Gasteiger partial charge in [0.2, 0.25) is 0 Å². The molecule has 6 aromatic rings. The molecule has 1 unspecified atom stereocenters. The van der Waals surface area contributed by atoms with Gasteiger partial charge < -0.3 is 15.3 Å². The van der Waals surface area contributed by atoms with E-state index in [9.17, 15) is 0 Å². The summed E-state index contributed by atoms with van der Waals surface area (Å²) in [6, 6.07) is 32.6. The number of hydrogen-bond acceptors (Lipinski definition) is 6. The average Bonchev–Trinajstić information content (AvgIpc) is 3.78. The number of fused-ring (bicyclic) bond motifs is 19. The number of rotatable bonds is 0. The molecule has 9 heteroatoms. The molecule has 0 fully saturated rings. The number of benzene rings is 4. The van der Waals surface area contributed by atoms with Gasteiger partial charge in [-0.1, -0.05) is 111 Å². The summed E-state index contributed by atoms with van der Waals surface area (Å²) < 4.78 is 0. The molecule has 3 N–H and O–H groups in total. The fraction of sp³-hybridized carbons (Fsp3) is 0.0882. The normalized spacial score (nSPS) is 15.8. The summed E-state index contributed by atoms with van der Waals surface area (Å²) in [7, 11) is 0. The van der Waals surface area contributed by atoms with Gasteiger partial charge in [-0.05, 0) is 0 Å². The molecule has 0 amide bonds. The number of nitrogens with one attached hydrogen (secondary N) is 3. The SMILES string of the molecule is CC.[Cu].c1ccc2c(c1)C1=NC2=Nc2[nH]c(c3ccccc23)N=C2NC(N=c3[nH]c(c4ccccc34)=N1)c1ccccc12. The van der Waals surface area contributed by atoms with Gasteiger partial charge in [-0.15, -0.1) is 0 Å².